The first kappa shape index (κ1) is 17.8. The predicted molar refractivity (Wildman–Crippen MR) is 101 cm³/mol. The molecule has 26 heavy (non-hydrogen) atoms. The fourth-order valence-corrected chi connectivity index (χ4v) is 2.92. The first-order chi connectivity index (χ1) is 12.6. The molecule has 6 nitrogen and oxygen atoms in total. The standard InChI is InChI=1S/C19H17ClN4O2/c1-2-9-21-18(25)13-6-7-17(22-12-13)23-16-8-10-24(19(16)26)15-5-3-4-14(20)11-15/h1,3-7,11-12,16H,8-10H2,(H,21,25)(H,22,23). The van der Waals surface area contributed by atoms with Crippen LogP contribution < -0.4 is 15.5 Å². The molecule has 2 heterocycles. The highest BCUT2D eigenvalue weighted by Gasteiger charge is 2.32. The van der Waals surface area contributed by atoms with Gasteiger partial charge in [-0.05, 0) is 36.8 Å². The fourth-order valence-electron chi connectivity index (χ4n) is 2.74. The van der Waals surface area contributed by atoms with E-state index in [1.165, 1.54) is 6.20 Å². The van der Waals surface area contributed by atoms with Gasteiger partial charge < -0.3 is 15.5 Å². The second kappa shape index (κ2) is 7.89. The predicted octanol–water partition coefficient (Wildman–Crippen LogP) is 2.32. The number of carbonyl (C=O) groups is 2. The van der Waals surface area contributed by atoms with Crippen LogP contribution in [0.4, 0.5) is 11.5 Å². The minimum absolute atomic E-state index is 0.0371. The monoisotopic (exact) mass is 368 g/mol. The Balaban J connectivity index is 1.64. The number of hydrogen-bond donors (Lipinski definition) is 2. The Morgan fingerprint density at radius 1 is 1.38 bits per heavy atom. The Hall–Kier alpha value is -3.04. The van der Waals surface area contributed by atoms with Gasteiger partial charge in [0.05, 0.1) is 12.1 Å². The molecule has 1 aromatic heterocycles. The molecule has 0 radical (unpaired) electrons. The van der Waals surface area contributed by atoms with Gasteiger partial charge in [-0.2, -0.15) is 0 Å². The van der Waals surface area contributed by atoms with Crippen molar-refractivity contribution < 1.29 is 9.59 Å². The van der Waals surface area contributed by atoms with E-state index in [0.717, 1.165) is 5.69 Å². The number of nitrogens with one attached hydrogen (secondary N) is 2. The van der Waals surface area contributed by atoms with Crippen LogP contribution in [-0.4, -0.2) is 35.9 Å². The summed E-state index contributed by atoms with van der Waals surface area (Å²) in [6.07, 6.45) is 7.21. The third kappa shape index (κ3) is 3.95. The second-order valence-electron chi connectivity index (χ2n) is 5.77. The molecule has 1 aliphatic heterocycles. The smallest absolute Gasteiger partial charge is 0.253 e. The van der Waals surface area contributed by atoms with Gasteiger partial charge in [-0.1, -0.05) is 23.6 Å². The fraction of sp³-hybridized carbons (Fsp3) is 0.211. The number of hydrogen-bond acceptors (Lipinski definition) is 4. The molecular weight excluding hydrogens is 352 g/mol. The summed E-state index contributed by atoms with van der Waals surface area (Å²) in [5.41, 5.74) is 1.18. The minimum Gasteiger partial charge on any atom is -0.358 e. The van der Waals surface area contributed by atoms with Crippen LogP contribution in [0.25, 0.3) is 0 Å². The molecule has 1 unspecified atom stereocenters. The quantitative estimate of drug-likeness (QED) is 0.794. The van der Waals surface area contributed by atoms with E-state index in [1.54, 1.807) is 29.2 Å². The van der Waals surface area contributed by atoms with E-state index in [-0.39, 0.29) is 24.4 Å². The first-order valence-electron chi connectivity index (χ1n) is 8.09. The molecule has 1 aromatic carbocycles. The molecule has 0 bridgehead atoms. The van der Waals surface area contributed by atoms with Gasteiger partial charge in [0.1, 0.15) is 11.9 Å². The first-order valence-corrected chi connectivity index (χ1v) is 8.47. The van der Waals surface area contributed by atoms with Crippen molar-refractivity contribution in [2.24, 2.45) is 0 Å². The van der Waals surface area contributed by atoms with Crippen LogP contribution in [0.2, 0.25) is 5.02 Å². The topological polar surface area (TPSA) is 74.3 Å². The number of anilines is 2. The van der Waals surface area contributed by atoms with E-state index < -0.39 is 0 Å². The second-order valence-corrected chi connectivity index (χ2v) is 6.21. The van der Waals surface area contributed by atoms with E-state index in [9.17, 15) is 9.59 Å². The van der Waals surface area contributed by atoms with Gasteiger partial charge in [-0.3, -0.25) is 9.59 Å². The van der Waals surface area contributed by atoms with Crippen LogP contribution >= 0.6 is 11.6 Å². The van der Waals surface area contributed by atoms with Gasteiger partial charge in [-0.25, -0.2) is 4.98 Å². The lowest BCUT2D eigenvalue weighted by atomic mass is 10.2. The molecular formula is C19H17ClN4O2. The van der Waals surface area contributed by atoms with Crippen molar-refractivity contribution in [1.29, 1.82) is 0 Å². The summed E-state index contributed by atoms with van der Waals surface area (Å²) in [4.78, 5) is 30.3. The van der Waals surface area contributed by atoms with Gasteiger partial charge in [0, 0.05) is 23.5 Å². The van der Waals surface area contributed by atoms with Crippen LogP contribution in [0.1, 0.15) is 16.8 Å². The van der Waals surface area contributed by atoms with E-state index in [1.807, 2.05) is 12.1 Å². The van der Waals surface area contributed by atoms with Gasteiger partial charge in [-0.15, -0.1) is 6.42 Å². The van der Waals surface area contributed by atoms with E-state index in [0.29, 0.717) is 29.4 Å². The lowest BCUT2D eigenvalue weighted by Crippen LogP contribution is -2.33. The Morgan fingerprint density at radius 2 is 2.23 bits per heavy atom. The van der Waals surface area contributed by atoms with E-state index >= 15 is 0 Å². The normalized spacial score (nSPS) is 16.2. The number of halogens is 1. The zero-order valence-electron chi connectivity index (χ0n) is 13.9. The Bertz CT molecular complexity index is 861. The van der Waals surface area contributed by atoms with Gasteiger partial charge in [0.15, 0.2) is 0 Å². The summed E-state index contributed by atoms with van der Waals surface area (Å²) in [7, 11) is 0. The third-order valence-electron chi connectivity index (χ3n) is 4.02. The summed E-state index contributed by atoms with van der Waals surface area (Å²) in [6.45, 7) is 0.762. The summed E-state index contributed by atoms with van der Waals surface area (Å²) in [5, 5.41) is 6.27. The molecule has 1 fully saturated rings. The maximum absolute atomic E-state index is 12.6. The molecule has 2 amide bonds. The number of carbonyl (C=O) groups excluding carboxylic acids is 2. The van der Waals surface area contributed by atoms with E-state index in [4.69, 9.17) is 18.0 Å². The summed E-state index contributed by atoms with van der Waals surface area (Å²) < 4.78 is 0. The molecule has 1 atom stereocenters. The number of amides is 2. The van der Waals surface area contributed by atoms with Crippen LogP contribution in [-0.2, 0) is 4.79 Å². The van der Waals surface area contributed by atoms with Crippen molar-refractivity contribution >= 4 is 34.9 Å². The summed E-state index contributed by atoms with van der Waals surface area (Å²) >= 11 is 6.00. The molecule has 0 saturated carbocycles. The lowest BCUT2D eigenvalue weighted by Gasteiger charge is -2.17. The minimum atomic E-state index is -0.373. The van der Waals surface area contributed by atoms with Crippen molar-refractivity contribution in [2.75, 3.05) is 23.3 Å². The maximum Gasteiger partial charge on any atom is 0.253 e. The third-order valence-corrected chi connectivity index (χ3v) is 4.26. The van der Waals surface area contributed by atoms with E-state index in [2.05, 4.69) is 21.5 Å². The largest absolute Gasteiger partial charge is 0.358 e. The Morgan fingerprint density at radius 3 is 2.92 bits per heavy atom. The molecule has 2 aromatic rings. The SMILES string of the molecule is C#CCNC(=O)c1ccc(NC2CCN(c3cccc(Cl)c3)C2=O)nc1. The van der Waals surface area contributed by atoms with Crippen LogP contribution in [0.5, 0.6) is 0 Å². The average Bonchev–Trinajstić information content (AvgIpc) is 3.01. The molecule has 0 aliphatic carbocycles. The van der Waals surface area contributed by atoms with Crippen molar-refractivity contribution in [3.63, 3.8) is 0 Å². The van der Waals surface area contributed by atoms with Crippen molar-refractivity contribution in [2.45, 2.75) is 12.5 Å². The average molecular weight is 369 g/mol. The number of aromatic nitrogens is 1. The van der Waals surface area contributed by atoms with Gasteiger partial charge in [0.25, 0.3) is 5.91 Å². The van der Waals surface area contributed by atoms with Gasteiger partial charge >= 0.3 is 0 Å². The van der Waals surface area contributed by atoms with Crippen molar-refractivity contribution in [1.82, 2.24) is 10.3 Å². The summed E-state index contributed by atoms with van der Waals surface area (Å²) in [6, 6.07) is 10.1. The van der Waals surface area contributed by atoms with Crippen LogP contribution in [0.3, 0.4) is 0 Å². The lowest BCUT2D eigenvalue weighted by molar-refractivity contribution is -0.117. The molecule has 0 spiro atoms. The van der Waals surface area contributed by atoms with Crippen molar-refractivity contribution in [3.8, 4) is 12.3 Å². The summed E-state index contributed by atoms with van der Waals surface area (Å²) in [5.74, 6) is 2.55. The van der Waals surface area contributed by atoms with Crippen molar-refractivity contribution in [3.05, 3.63) is 53.2 Å². The number of benzene rings is 1. The highest BCUT2D eigenvalue weighted by atomic mass is 35.5. The molecule has 2 N–H and O–H groups in total. The number of rotatable bonds is 5. The van der Waals surface area contributed by atoms with Crippen LogP contribution in [0, 0.1) is 12.3 Å². The Kier molecular flexibility index (Phi) is 5.40. The zero-order chi connectivity index (χ0) is 18.5. The zero-order valence-corrected chi connectivity index (χ0v) is 14.7. The Labute approximate surface area is 156 Å². The molecule has 7 heteroatoms. The highest BCUT2D eigenvalue weighted by molar-refractivity contribution is 6.31. The van der Waals surface area contributed by atoms with Crippen LogP contribution in [0.15, 0.2) is 42.6 Å². The molecule has 1 aliphatic rings. The maximum atomic E-state index is 12.6. The molecule has 3 rings (SSSR count). The van der Waals surface area contributed by atoms with Gasteiger partial charge in [0.2, 0.25) is 5.91 Å². The number of terminal acetylenes is 1. The molecule has 132 valence electrons. The number of pyridine rings is 1. The molecule has 1 saturated heterocycles. The number of nitrogens with zero attached hydrogens (tertiary/aromatic N) is 2. The highest BCUT2D eigenvalue weighted by Crippen LogP contribution is 2.25.